The van der Waals surface area contributed by atoms with Crippen molar-refractivity contribution < 1.29 is 57.5 Å². The highest BCUT2D eigenvalue weighted by atomic mass is 79.9. The predicted octanol–water partition coefficient (Wildman–Crippen LogP) is -6.74. The van der Waals surface area contributed by atoms with Crippen molar-refractivity contribution in [3.05, 3.63) is 38.9 Å². The van der Waals surface area contributed by atoms with E-state index >= 15 is 0 Å². The molecular formula is C72H123BrN34O13S. The van der Waals surface area contributed by atoms with Crippen molar-refractivity contribution in [1.29, 1.82) is 32.5 Å². The number of guanidine groups is 6. The number of carbonyl (C=O) groups excluding carboxylic acids is 12. The number of fused-ring (bicyclic) bond motifs is 3. The van der Waals surface area contributed by atoms with Crippen molar-refractivity contribution in [2.24, 2.45) is 45.9 Å². The van der Waals surface area contributed by atoms with E-state index in [9.17, 15) is 62.3 Å². The predicted molar refractivity (Wildman–Crippen MR) is 459 cm³/mol. The fourth-order valence-electron chi connectivity index (χ4n) is 12.7. The maximum Gasteiger partial charge on any atom is 0.268 e. The summed E-state index contributed by atoms with van der Waals surface area (Å²) >= 11 is 4.87. The summed E-state index contributed by atoms with van der Waals surface area (Å²) in [6.07, 6.45) is 4.33. The molecule has 47 nitrogen and oxygen atoms in total. The summed E-state index contributed by atoms with van der Waals surface area (Å²) in [6, 6.07) is -5.79. The molecule has 1 aromatic carbocycles. The van der Waals surface area contributed by atoms with Crippen LogP contribution in [-0.4, -0.2) is 248 Å². The van der Waals surface area contributed by atoms with Gasteiger partial charge < -0.3 is 141 Å². The lowest BCUT2D eigenvalue weighted by atomic mass is 10.0. The average Bonchev–Trinajstić information content (AvgIpc) is 1.62. The number of aromatic amines is 1. The highest BCUT2D eigenvalue weighted by molar-refractivity contribution is 9.10. The molecule has 40 N–H and O–H groups in total. The van der Waals surface area contributed by atoms with Gasteiger partial charge in [0.05, 0.1) is 31.2 Å². The summed E-state index contributed by atoms with van der Waals surface area (Å²) in [5, 5.41) is 90.8. The molecule has 3 heterocycles. The number of benzene rings is 1. The summed E-state index contributed by atoms with van der Waals surface area (Å²) in [6.45, 7) is 1.93. The van der Waals surface area contributed by atoms with Crippen molar-refractivity contribution in [2.45, 2.75) is 209 Å². The number of amides is 12. The van der Waals surface area contributed by atoms with Crippen LogP contribution in [0.4, 0.5) is 0 Å². The number of aromatic nitrogens is 2. The lowest BCUT2D eigenvalue weighted by molar-refractivity contribution is -0.135. The van der Waals surface area contributed by atoms with Crippen LogP contribution >= 0.6 is 27.3 Å². The molecule has 0 radical (unpaired) electrons. The van der Waals surface area contributed by atoms with Crippen LogP contribution in [0, 0.1) is 32.5 Å². The van der Waals surface area contributed by atoms with Crippen LogP contribution in [0.1, 0.15) is 154 Å². The largest absolute Gasteiger partial charge is 0.370 e. The van der Waals surface area contributed by atoms with E-state index in [1.54, 1.807) is 0 Å². The third kappa shape index (κ3) is 40.1. The van der Waals surface area contributed by atoms with Crippen LogP contribution in [0.3, 0.4) is 0 Å². The molecule has 1 saturated heterocycles. The Balaban J connectivity index is 1.42. The van der Waals surface area contributed by atoms with Gasteiger partial charge in [-0.2, -0.15) is 0 Å². The van der Waals surface area contributed by atoms with Gasteiger partial charge in [0, 0.05) is 66.8 Å². The van der Waals surface area contributed by atoms with E-state index in [1.165, 1.54) is 18.3 Å². The van der Waals surface area contributed by atoms with Crippen molar-refractivity contribution in [2.75, 3.05) is 72.0 Å². The van der Waals surface area contributed by atoms with E-state index in [1.807, 2.05) is 23.1 Å². The van der Waals surface area contributed by atoms with Gasteiger partial charge in [-0.15, -0.1) is 11.3 Å². The second-order valence-corrected chi connectivity index (χ2v) is 30.8. The third-order valence-electron chi connectivity index (χ3n) is 19.0. The first-order valence-corrected chi connectivity index (χ1v) is 41.7. The molecule has 9 unspecified atom stereocenters. The number of unbranched alkanes of at least 4 members (excludes halogenated alkanes) is 4. The van der Waals surface area contributed by atoms with E-state index in [0.29, 0.717) is 80.6 Å². The number of H-pyrrole nitrogens is 1. The van der Waals surface area contributed by atoms with Gasteiger partial charge in [-0.25, -0.2) is 4.98 Å². The SMILES string of the molecule is CC(NC(=O)C(CCCNC(=N)N)NC(=O)CNC(=O)CCCCCNC(=O)C1CCCN1Cc1nc2c(sc3ccc(Br)cc32)c(=O)[nH]1)C(=O)NC(CCCCNC(=N)N)C(=O)NCC(=O)NC(CCCNC(=N)N)C(=O)NC(CCCNC(=N)N)C(=O)NC(CCCNC(=N)N)C(=O)NC(CCCNC(=N)N)C(=O)NC(CCCCN)C(N)=O. The van der Waals surface area contributed by atoms with E-state index in [4.69, 9.17) is 83.3 Å². The lowest BCUT2D eigenvalue weighted by Crippen LogP contribution is -2.59. The standard InChI is InChI=1S/C72H123BrN34O13S/c1-39(97-60(114)44(17-9-29-90-68(78)79)98-53(109)36-95-52(108)23-3-2-7-27-88-65(119)49-22-14-34-107(49)38-51-105-55-41-35-40(73)24-25-50(41)121-56(55)66(120)106-51)58(112)101-43(16-5-8-28-89-67(76)77)59(113)96-37-54(110)99-45(18-10-30-91-69(80)81)61(115)102-47(20-12-32-93-71(84)85)63(117)104-48(21-13-33-94-72(86)87)64(118)103-46(19-11-31-92-70(82)83)62(116)100-42(57(75)111)15-4-6-26-74/h24-25,35,39,42-49H,2-23,26-34,36-38,74H2,1H3,(H2,75,111)(H,88,119)(H,95,108)(H,96,113)(H,97,114)(H,98,109)(H,99,110)(H,100,116)(H,101,112)(H,102,115)(H,103,118)(H,104,117)(H4,76,77,89)(H4,78,79,90)(H4,80,81,91)(H4,82,83,92)(H4,84,85,93)(H4,86,87,94)(H,105,106,120). The zero-order valence-corrected chi connectivity index (χ0v) is 70.5. The number of thiophene rings is 1. The van der Waals surface area contributed by atoms with Crippen molar-refractivity contribution >= 4 is 154 Å². The van der Waals surface area contributed by atoms with Gasteiger partial charge in [0.15, 0.2) is 35.8 Å². The van der Waals surface area contributed by atoms with Gasteiger partial charge in [0.2, 0.25) is 70.9 Å². The van der Waals surface area contributed by atoms with Crippen LogP contribution < -0.4 is 142 Å². The molecule has 672 valence electrons. The Morgan fingerprint density at radius 2 is 0.868 bits per heavy atom. The third-order valence-corrected chi connectivity index (χ3v) is 20.6. The molecule has 4 rings (SSSR count). The number of nitrogens with zero attached hydrogens (tertiary/aromatic N) is 2. The quantitative estimate of drug-likeness (QED) is 0.0142. The molecule has 3 aromatic rings. The Kier molecular flexibility index (Phi) is 46.0. The molecule has 1 fully saturated rings. The van der Waals surface area contributed by atoms with Crippen molar-refractivity contribution in [3.63, 3.8) is 0 Å². The second-order valence-electron chi connectivity index (χ2n) is 28.9. The Hall–Kier alpha value is -12.0. The van der Waals surface area contributed by atoms with Crippen molar-refractivity contribution in [1.82, 2.24) is 105 Å². The zero-order chi connectivity index (χ0) is 89.5. The fourth-order valence-corrected chi connectivity index (χ4v) is 14.1. The first-order valence-electron chi connectivity index (χ1n) is 40.1. The monoisotopic (exact) mass is 1780 g/mol. The highest BCUT2D eigenvalue weighted by Crippen LogP contribution is 2.33. The maximum absolute atomic E-state index is 14.6. The minimum Gasteiger partial charge on any atom is -0.370 e. The summed E-state index contributed by atoms with van der Waals surface area (Å²) in [5.74, 6) is -11.3. The Morgan fingerprint density at radius 1 is 0.471 bits per heavy atom. The molecule has 12 amide bonds. The Morgan fingerprint density at radius 3 is 1.34 bits per heavy atom. The molecule has 0 saturated carbocycles. The topological polar surface area (TPSA) is 810 Å². The van der Waals surface area contributed by atoms with Crippen LogP contribution in [0.5, 0.6) is 0 Å². The molecule has 9 atom stereocenters. The number of hydrogen-bond donors (Lipinski definition) is 32. The molecule has 1 aliphatic heterocycles. The molecular weight excluding hydrogens is 1660 g/mol. The van der Waals surface area contributed by atoms with Crippen LogP contribution in [0.25, 0.3) is 20.3 Å². The molecule has 2 aromatic heterocycles. The second kappa shape index (κ2) is 54.9. The van der Waals surface area contributed by atoms with E-state index in [0.717, 1.165) is 21.0 Å². The minimum atomic E-state index is -1.52. The number of rotatable bonds is 58. The van der Waals surface area contributed by atoms with Gasteiger partial charge in [0.1, 0.15) is 58.9 Å². The van der Waals surface area contributed by atoms with Gasteiger partial charge >= 0.3 is 0 Å². The number of carbonyl (C=O) groups is 12. The van der Waals surface area contributed by atoms with Gasteiger partial charge in [-0.1, -0.05) is 22.4 Å². The van der Waals surface area contributed by atoms with E-state index in [-0.39, 0.29) is 165 Å². The average molecular weight is 1780 g/mol. The first kappa shape index (κ1) is 101. The van der Waals surface area contributed by atoms with Crippen LogP contribution in [0.15, 0.2) is 27.5 Å². The molecule has 0 aliphatic carbocycles. The number of nitrogens with two attached hydrogens (primary N) is 8. The van der Waals surface area contributed by atoms with Crippen LogP contribution in [-0.2, 0) is 64.1 Å². The summed E-state index contributed by atoms with van der Waals surface area (Å²) in [4.78, 5) is 189. The normalized spacial score (nSPS) is 14.3. The fraction of sp³-hybridized carbons (Fsp3) is 0.611. The summed E-state index contributed by atoms with van der Waals surface area (Å²) in [5.41, 5.74) is 44.6. The van der Waals surface area contributed by atoms with Gasteiger partial charge in [-0.05, 0) is 167 Å². The minimum absolute atomic E-state index is 0.00786. The Bertz CT molecular complexity index is 4110. The number of nitrogens with one attached hydrogen (secondary N) is 24. The maximum atomic E-state index is 14.6. The number of hydrogen-bond acceptors (Lipinski definition) is 23. The Labute approximate surface area is 711 Å². The molecule has 0 spiro atoms. The molecule has 121 heavy (non-hydrogen) atoms. The molecule has 1 aliphatic rings. The zero-order valence-electron chi connectivity index (χ0n) is 68.1. The number of likely N-dealkylation sites (tertiary alicyclic amines) is 1. The number of primary amides is 1. The van der Waals surface area contributed by atoms with Crippen LogP contribution in [0.2, 0.25) is 0 Å². The number of halogens is 1. The summed E-state index contributed by atoms with van der Waals surface area (Å²) in [7, 11) is 0. The first-order chi connectivity index (χ1) is 57.5. The summed E-state index contributed by atoms with van der Waals surface area (Å²) < 4.78 is 2.32. The smallest absolute Gasteiger partial charge is 0.268 e. The highest BCUT2D eigenvalue weighted by Gasteiger charge is 2.35. The van der Waals surface area contributed by atoms with Gasteiger partial charge in [-0.3, -0.25) is 99.7 Å². The lowest BCUT2D eigenvalue weighted by Gasteiger charge is -2.27. The van der Waals surface area contributed by atoms with Gasteiger partial charge in [0.25, 0.3) is 5.56 Å². The molecule has 0 bridgehead atoms. The van der Waals surface area contributed by atoms with Crippen molar-refractivity contribution in [3.8, 4) is 0 Å². The van der Waals surface area contributed by atoms with E-state index < -0.39 is 150 Å². The van der Waals surface area contributed by atoms with E-state index in [2.05, 4.69) is 111 Å². The molecule has 49 heteroatoms.